The maximum absolute atomic E-state index is 10.6. The Morgan fingerprint density at radius 2 is 1.94 bits per heavy atom. The van der Waals surface area contributed by atoms with Crippen LogP contribution in [0.3, 0.4) is 0 Å². The molecule has 92 valence electrons. The van der Waals surface area contributed by atoms with Crippen LogP contribution >= 0.6 is 0 Å². The maximum atomic E-state index is 10.6. The summed E-state index contributed by atoms with van der Waals surface area (Å²) >= 11 is 0. The zero-order chi connectivity index (χ0) is 12.1. The normalized spacial score (nSPS) is 15.1. The Labute approximate surface area is 102 Å². The van der Waals surface area contributed by atoms with Crippen molar-refractivity contribution in [1.29, 1.82) is 0 Å². The molecule has 0 saturated heterocycles. The van der Waals surface area contributed by atoms with E-state index in [4.69, 9.17) is 5.11 Å². The molecule has 17 heavy (non-hydrogen) atoms. The van der Waals surface area contributed by atoms with E-state index in [1.54, 1.807) is 0 Å². The summed E-state index contributed by atoms with van der Waals surface area (Å²) in [4.78, 5) is 12.9. The van der Waals surface area contributed by atoms with Gasteiger partial charge in [-0.25, -0.2) is 0 Å². The molecule has 0 atom stereocenters. The molecule has 0 aliphatic heterocycles. The molecule has 2 rings (SSSR count). The SMILES string of the molecule is O=C(O)CCN(CCc1ccccc1)C1CC1. The van der Waals surface area contributed by atoms with Crippen LogP contribution in [0.1, 0.15) is 24.8 Å². The summed E-state index contributed by atoms with van der Waals surface area (Å²) in [7, 11) is 0. The lowest BCUT2D eigenvalue weighted by Gasteiger charge is -2.20. The van der Waals surface area contributed by atoms with Gasteiger partial charge in [-0.2, -0.15) is 0 Å². The van der Waals surface area contributed by atoms with Gasteiger partial charge in [0.05, 0.1) is 6.42 Å². The van der Waals surface area contributed by atoms with Gasteiger partial charge >= 0.3 is 5.97 Å². The second kappa shape index (κ2) is 5.82. The van der Waals surface area contributed by atoms with Crippen LogP contribution in [0, 0.1) is 0 Å². The Balaban J connectivity index is 1.79. The molecule has 0 amide bonds. The van der Waals surface area contributed by atoms with Gasteiger partial charge in [0.25, 0.3) is 0 Å². The molecule has 1 saturated carbocycles. The molecule has 0 radical (unpaired) electrons. The van der Waals surface area contributed by atoms with Gasteiger partial charge in [0, 0.05) is 19.1 Å². The first-order chi connectivity index (χ1) is 8.25. The van der Waals surface area contributed by atoms with Crippen LogP contribution in [0.25, 0.3) is 0 Å². The van der Waals surface area contributed by atoms with Crippen LogP contribution in [0.2, 0.25) is 0 Å². The molecule has 0 heterocycles. The van der Waals surface area contributed by atoms with Gasteiger partial charge in [-0.1, -0.05) is 30.3 Å². The average Bonchev–Trinajstić information content (AvgIpc) is 3.14. The number of rotatable bonds is 7. The Morgan fingerprint density at radius 3 is 2.53 bits per heavy atom. The fourth-order valence-corrected chi connectivity index (χ4v) is 2.07. The molecular formula is C14H19NO2. The van der Waals surface area contributed by atoms with E-state index in [-0.39, 0.29) is 6.42 Å². The van der Waals surface area contributed by atoms with Gasteiger partial charge in [0.15, 0.2) is 0 Å². The molecule has 1 fully saturated rings. The number of aliphatic carboxylic acids is 1. The van der Waals surface area contributed by atoms with Crippen molar-refractivity contribution < 1.29 is 9.90 Å². The summed E-state index contributed by atoms with van der Waals surface area (Å²) < 4.78 is 0. The Morgan fingerprint density at radius 1 is 1.24 bits per heavy atom. The minimum atomic E-state index is -0.699. The molecule has 1 aromatic carbocycles. The minimum absolute atomic E-state index is 0.255. The number of benzene rings is 1. The van der Waals surface area contributed by atoms with E-state index in [1.807, 2.05) is 18.2 Å². The lowest BCUT2D eigenvalue weighted by atomic mass is 10.1. The first-order valence-electron chi connectivity index (χ1n) is 6.25. The summed E-state index contributed by atoms with van der Waals surface area (Å²) in [6.07, 6.45) is 3.73. The highest BCUT2D eigenvalue weighted by Gasteiger charge is 2.28. The number of hydrogen-bond acceptors (Lipinski definition) is 2. The molecule has 1 N–H and O–H groups in total. The second-order valence-electron chi connectivity index (χ2n) is 4.65. The third-order valence-corrected chi connectivity index (χ3v) is 3.21. The van der Waals surface area contributed by atoms with Crippen LogP contribution in [0.5, 0.6) is 0 Å². The topological polar surface area (TPSA) is 40.5 Å². The first kappa shape index (κ1) is 12.1. The van der Waals surface area contributed by atoms with Crippen molar-refractivity contribution in [3.63, 3.8) is 0 Å². The highest BCUT2D eigenvalue weighted by atomic mass is 16.4. The minimum Gasteiger partial charge on any atom is -0.481 e. The van der Waals surface area contributed by atoms with Crippen molar-refractivity contribution in [3.8, 4) is 0 Å². The molecule has 3 heteroatoms. The molecule has 0 unspecified atom stereocenters. The monoisotopic (exact) mass is 233 g/mol. The highest BCUT2D eigenvalue weighted by Crippen LogP contribution is 2.27. The Bertz CT molecular complexity index is 360. The van der Waals surface area contributed by atoms with Gasteiger partial charge in [-0.15, -0.1) is 0 Å². The van der Waals surface area contributed by atoms with Crippen LogP contribution in [-0.2, 0) is 11.2 Å². The largest absolute Gasteiger partial charge is 0.481 e. The Kier molecular flexibility index (Phi) is 4.15. The standard InChI is InChI=1S/C14H19NO2/c16-14(17)9-11-15(13-6-7-13)10-8-12-4-2-1-3-5-12/h1-5,13H,6-11H2,(H,16,17). The van der Waals surface area contributed by atoms with Crippen molar-refractivity contribution in [2.75, 3.05) is 13.1 Å². The molecule has 1 aromatic rings. The summed E-state index contributed by atoms with van der Waals surface area (Å²) in [6.45, 7) is 1.66. The van der Waals surface area contributed by atoms with E-state index >= 15 is 0 Å². The predicted molar refractivity (Wildman–Crippen MR) is 67.0 cm³/mol. The zero-order valence-electron chi connectivity index (χ0n) is 10.0. The smallest absolute Gasteiger partial charge is 0.304 e. The number of nitrogens with zero attached hydrogens (tertiary/aromatic N) is 1. The van der Waals surface area contributed by atoms with E-state index in [0.29, 0.717) is 12.6 Å². The quantitative estimate of drug-likeness (QED) is 0.784. The van der Waals surface area contributed by atoms with Crippen molar-refractivity contribution >= 4 is 5.97 Å². The summed E-state index contributed by atoms with van der Waals surface area (Å²) in [5, 5.41) is 8.72. The molecular weight excluding hydrogens is 214 g/mol. The van der Waals surface area contributed by atoms with Crippen molar-refractivity contribution in [3.05, 3.63) is 35.9 Å². The molecule has 1 aliphatic carbocycles. The van der Waals surface area contributed by atoms with Gasteiger partial charge in [-0.05, 0) is 24.8 Å². The van der Waals surface area contributed by atoms with Gasteiger partial charge < -0.3 is 5.11 Å². The van der Waals surface area contributed by atoms with E-state index in [9.17, 15) is 4.79 Å². The third-order valence-electron chi connectivity index (χ3n) is 3.21. The van der Waals surface area contributed by atoms with Crippen LogP contribution in [0.15, 0.2) is 30.3 Å². The van der Waals surface area contributed by atoms with E-state index < -0.39 is 5.97 Å². The van der Waals surface area contributed by atoms with Crippen molar-refractivity contribution in [1.82, 2.24) is 4.90 Å². The molecule has 0 aromatic heterocycles. The number of carboxylic acid groups (broad SMARTS) is 1. The van der Waals surface area contributed by atoms with Crippen molar-refractivity contribution in [2.45, 2.75) is 31.7 Å². The van der Waals surface area contributed by atoms with Crippen molar-refractivity contribution in [2.24, 2.45) is 0 Å². The fraction of sp³-hybridized carbons (Fsp3) is 0.500. The van der Waals surface area contributed by atoms with E-state index in [0.717, 1.165) is 13.0 Å². The molecule has 0 spiro atoms. The summed E-state index contributed by atoms with van der Waals surface area (Å²) in [5.41, 5.74) is 1.33. The number of hydrogen-bond donors (Lipinski definition) is 1. The molecule has 0 bridgehead atoms. The van der Waals surface area contributed by atoms with Crippen LogP contribution in [-0.4, -0.2) is 35.1 Å². The van der Waals surface area contributed by atoms with Crippen LogP contribution < -0.4 is 0 Å². The maximum Gasteiger partial charge on any atom is 0.304 e. The molecule has 3 nitrogen and oxygen atoms in total. The summed E-state index contributed by atoms with van der Waals surface area (Å²) in [6, 6.07) is 11.0. The second-order valence-corrected chi connectivity index (χ2v) is 4.65. The number of carbonyl (C=O) groups is 1. The van der Waals surface area contributed by atoms with Gasteiger partial charge in [-0.3, -0.25) is 9.69 Å². The zero-order valence-corrected chi connectivity index (χ0v) is 10.0. The van der Waals surface area contributed by atoms with E-state index in [2.05, 4.69) is 17.0 Å². The fourth-order valence-electron chi connectivity index (χ4n) is 2.07. The number of carboxylic acids is 1. The van der Waals surface area contributed by atoms with Gasteiger partial charge in [0.1, 0.15) is 0 Å². The third kappa shape index (κ3) is 4.19. The lowest BCUT2D eigenvalue weighted by Crippen LogP contribution is -2.30. The Hall–Kier alpha value is -1.35. The van der Waals surface area contributed by atoms with Gasteiger partial charge in [0.2, 0.25) is 0 Å². The summed E-state index contributed by atoms with van der Waals surface area (Å²) in [5.74, 6) is -0.699. The lowest BCUT2D eigenvalue weighted by molar-refractivity contribution is -0.137. The predicted octanol–water partition coefficient (Wildman–Crippen LogP) is 2.17. The van der Waals surface area contributed by atoms with E-state index in [1.165, 1.54) is 18.4 Å². The highest BCUT2D eigenvalue weighted by molar-refractivity contribution is 5.66. The van der Waals surface area contributed by atoms with Crippen LogP contribution in [0.4, 0.5) is 0 Å². The molecule has 1 aliphatic rings. The average molecular weight is 233 g/mol. The first-order valence-corrected chi connectivity index (χ1v) is 6.25.